The molecular formula is C15H15ClF4. The molecule has 0 saturated heterocycles. The molecule has 0 N–H and O–H groups in total. The van der Waals surface area contributed by atoms with Crippen molar-refractivity contribution in [1.82, 2.24) is 0 Å². The Morgan fingerprint density at radius 2 is 1.55 bits per heavy atom. The number of rotatable bonds is 3. The SMILES string of the molecule is Cc1c(F)c(F)c(C[C@H]2[C@@H](/C=C/Cl)C2(C)C)c(F)c1F. The monoisotopic (exact) mass is 306 g/mol. The van der Waals surface area contributed by atoms with Gasteiger partial charge in [-0.3, -0.25) is 0 Å². The Labute approximate surface area is 120 Å². The van der Waals surface area contributed by atoms with Gasteiger partial charge in [0.25, 0.3) is 0 Å². The molecule has 20 heavy (non-hydrogen) atoms. The van der Waals surface area contributed by atoms with Gasteiger partial charge in [0.15, 0.2) is 23.3 Å². The van der Waals surface area contributed by atoms with Gasteiger partial charge < -0.3 is 0 Å². The summed E-state index contributed by atoms with van der Waals surface area (Å²) in [5.41, 5.74) is 0.0162. The minimum Gasteiger partial charge on any atom is -0.203 e. The molecule has 110 valence electrons. The first-order valence-electron chi connectivity index (χ1n) is 6.31. The molecule has 1 saturated carbocycles. The molecule has 5 heteroatoms. The van der Waals surface area contributed by atoms with Gasteiger partial charge in [-0.05, 0) is 30.6 Å². The second kappa shape index (κ2) is 5.06. The smallest absolute Gasteiger partial charge is 0.165 e. The van der Waals surface area contributed by atoms with E-state index in [1.165, 1.54) is 5.54 Å². The molecule has 0 radical (unpaired) electrons. The van der Waals surface area contributed by atoms with Gasteiger partial charge in [0.05, 0.1) is 0 Å². The van der Waals surface area contributed by atoms with Gasteiger partial charge in [0, 0.05) is 16.7 Å². The van der Waals surface area contributed by atoms with E-state index in [-0.39, 0.29) is 23.7 Å². The molecule has 1 aromatic rings. The summed E-state index contributed by atoms with van der Waals surface area (Å²) in [6.07, 6.45) is 1.69. The van der Waals surface area contributed by atoms with Crippen LogP contribution < -0.4 is 0 Å². The Balaban J connectivity index is 2.37. The van der Waals surface area contributed by atoms with E-state index in [1.54, 1.807) is 6.08 Å². The molecule has 0 unspecified atom stereocenters. The lowest BCUT2D eigenvalue weighted by Crippen LogP contribution is -2.08. The van der Waals surface area contributed by atoms with Gasteiger partial charge in [-0.1, -0.05) is 31.5 Å². The highest BCUT2D eigenvalue weighted by Gasteiger charge is 2.56. The second-order valence-corrected chi connectivity index (χ2v) is 6.09. The molecule has 2 atom stereocenters. The van der Waals surface area contributed by atoms with Gasteiger partial charge in [0.1, 0.15) is 0 Å². The van der Waals surface area contributed by atoms with Gasteiger partial charge >= 0.3 is 0 Å². The Morgan fingerprint density at radius 1 is 1.05 bits per heavy atom. The first kappa shape index (κ1) is 15.4. The zero-order valence-electron chi connectivity index (χ0n) is 11.4. The number of allylic oxidation sites excluding steroid dienone is 1. The van der Waals surface area contributed by atoms with Crippen LogP contribution in [0, 0.1) is 47.4 Å². The van der Waals surface area contributed by atoms with Crippen LogP contribution in [0.25, 0.3) is 0 Å². The fraction of sp³-hybridized carbons (Fsp3) is 0.467. The third kappa shape index (κ3) is 2.24. The molecule has 0 aromatic heterocycles. The highest BCUT2D eigenvalue weighted by atomic mass is 35.5. The highest BCUT2D eigenvalue weighted by molar-refractivity contribution is 6.25. The summed E-state index contributed by atoms with van der Waals surface area (Å²) < 4.78 is 54.7. The predicted octanol–water partition coefficient (Wildman–Crippen LogP) is 5.12. The van der Waals surface area contributed by atoms with Crippen LogP contribution in [-0.4, -0.2) is 0 Å². The third-order valence-electron chi connectivity index (χ3n) is 4.42. The maximum absolute atomic E-state index is 13.8. The molecule has 0 spiro atoms. The summed E-state index contributed by atoms with van der Waals surface area (Å²) in [7, 11) is 0. The minimum atomic E-state index is -1.32. The molecule has 0 heterocycles. The largest absolute Gasteiger partial charge is 0.203 e. The van der Waals surface area contributed by atoms with E-state index >= 15 is 0 Å². The first-order chi connectivity index (χ1) is 9.23. The molecule has 1 aliphatic carbocycles. The van der Waals surface area contributed by atoms with E-state index in [0.717, 1.165) is 6.92 Å². The molecule has 0 bridgehead atoms. The van der Waals surface area contributed by atoms with Crippen LogP contribution in [0.2, 0.25) is 0 Å². The quantitative estimate of drug-likeness (QED) is 0.537. The first-order valence-corrected chi connectivity index (χ1v) is 6.75. The van der Waals surface area contributed by atoms with Crippen molar-refractivity contribution >= 4 is 11.6 Å². The average Bonchev–Trinajstić information content (AvgIpc) is 2.91. The van der Waals surface area contributed by atoms with Crippen molar-refractivity contribution in [3.8, 4) is 0 Å². The molecule has 2 rings (SSSR count). The van der Waals surface area contributed by atoms with Crippen LogP contribution in [0.1, 0.15) is 25.0 Å². The van der Waals surface area contributed by atoms with Gasteiger partial charge in [-0.25, -0.2) is 17.6 Å². The summed E-state index contributed by atoms with van der Waals surface area (Å²) in [6.45, 7) is 4.87. The molecular weight excluding hydrogens is 292 g/mol. The standard InChI is InChI=1S/C15H15ClF4/c1-7-11(17)13(19)8(14(20)12(7)18)6-10-9(4-5-16)15(10,2)3/h4-5,9-10H,6H2,1-3H3/b5-4+/t9-,10+/m1/s1. The summed E-state index contributed by atoms with van der Waals surface area (Å²) in [5, 5.41) is 0. The molecule has 1 aliphatic rings. The van der Waals surface area contributed by atoms with Crippen LogP contribution in [0.4, 0.5) is 17.6 Å². The van der Waals surface area contributed by atoms with Crippen LogP contribution in [0.3, 0.4) is 0 Å². The predicted molar refractivity (Wildman–Crippen MR) is 70.5 cm³/mol. The average molecular weight is 307 g/mol. The van der Waals surface area contributed by atoms with Crippen LogP contribution in [0.5, 0.6) is 0 Å². The van der Waals surface area contributed by atoms with Crippen LogP contribution >= 0.6 is 11.6 Å². The summed E-state index contributed by atoms with van der Waals surface area (Å²) in [6, 6.07) is 0. The molecule has 0 amide bonds. The summed E-state index contributed by atoms with van der Waals surface area (Å²) >= 11 is 5.52. The topological polar surface area (TPSA) is 0 Å². The van der Waals surface area contributed by atoms with E-state index in [2.05, 4.69) is 0 Å². The van der Waals surface area contributed by atoms with Crippen molar-refractivity contribution in [2.45, 2.75) is 27.2 Å². The van der Waals surface area contributed by atoms with Gasteiger partial charge in [-0.15, -0.1) is 0 Å². The Kier molecular flexibility index (Phi) is 3.89. The number of hydrogen-bond acceptors (Lipinski definition) is 0. The summed E-state index contributed by atoms with van der Waals surface area (Å²) in [4.78, 5) is 0. The van der Waals surface area contributed by atoms with E-state index in [1.807, 2.05) is 13.8 Å². The number of halogens is 5. The molecule has 1 fully saturated rings. The zero-order valence-corrected chi connectivity index (χ0v) is 12.2. The minimum absolute atomic E-state index is 0.0474. The van der Waals surface area contributed by atoms with Crippen molar-refractivity contribution < 1.29 is 17.6 Å². The second-order valence-electron chi connectivity index (χ2n) is 5.84. The van der Waals surface area contributed by atoms with Crippen molar-refractivity contribution in [2.24, 2.45) is 17.3 Å². The normalized spacial score (nSPS) is 24.4. The lowest BCUT2D eigenvalue weighted by molar-refractivity contribution is 0.422. The zero-order chi connectivity index (χ0) is 15.2. The van der Waals surface area contributed by atoms with Crippen molar-refractivity contribution in [2.75, 3.05) is 0 Å². The van der Waals surface area contributed by atoms with Crippen molar-refractivity contribution in [3.63, 3.8) is 0 Å². The van der Waals surface area contributed by atoms with Crippen molar-refractivity contribution in [1.29, 1.82) is 0 Å². The molecule has 0 aliphatic heterocycles. The fourth-order valence-electron chi connectivity index (χ4n) is 2.82. The van der Waals surface area contributed by atoms with E-state index in [0.29, 0.717) is 0 Å². The number of benzene rings is 1. The molecule has 0 nitrogen and oxygen atoms in total. The van der Waals surface area contributed by atoms with Crippen molar-refractivity contribution in [3.05, 3.63) is 46.0 Å². The molecule has 1 aromatic carbocycles. The van der Waals surface area contributed by atoms with E-state index < -0.39 is 34.4 Å². The van der Waals surface area contributed by atoms with Crippen LogP contribution in [0.15, 0.2) is 11.6 Å². The summed E-state index contributed by atoms with van der Waals surface area (Å²) in [5.74, 6) is -5.27. The Hall–Kier alpha value is -1.03. The van der Waals surface area contributed by atoms with Gasteiger partial charge in [0.2, 0.25) is 0 Å². The number of hydrogen-bond donors (Lipinski definition) is 0. The lowest BCUT2D eigenvalue weighted by Gasteiger charge is -2.10. The lowest BCUT2D eigenvalue weighted by atomic mass is 10.00. The maximum Gasteiger partial charge on any atom is 0.165 e. The third-order valence-corrected chi connectivity index (χ3v) is 4.56. The van der Waals surface area contributed by atoms with Gasteiger partial charge in [-0.2, -0.15) is 0 Å². The van der Waals surface area contributed by atoms with E-state index in [4.69, 9.17) is 11.6 Å². The maximum atomic E-state index is 13.8. The van der Waals surface area contributed by atoms with Crippen LogP contribution in [-0.2, 0) is 6.42 Å². The Bertz CT molecular complexity index is 549. The Morgan fingerprint density at radius 3 is 2.00 bits per heavy atom. The van der Waals surface area contributed by atoms with E-state index in [9.17, 15) is 17.6 Å². The fourth-order valence-corrected chi connectivity index (χ4v) is 2.98. The highest BCUT2D eigenvalue weighted by Crippen LogP contribution is 2.60.